The molecule has 1 unspecified atom stereocenters. The second kappa shape index (κ2) is 7.52. The van der Waals surface area contributed by atoms with Gasteiger partial charge in [0.2, 0.25) is 0 Å². The Balaban J connectivity index is 2.27. The summed E-state index contributed by atoms with van der Waals surface area (Å²) in [5.74, 6) is 0.341. The topological polar surface area (TPSA) is 29.1 Å². The van der Waals surface area contributed by atoms with Gasteiger partial charge in [0.1, 0.15) is 5.82 Å². The van der Waals surface area contributed by atoms with Gasteiger partial charge in [0, 0.05) is 10.6 Å². The third-order valence-electron chi connectivity index (χ3n) is 2.19. The summed E-state index contributed by atoms with van der Waals surface area (Å²) < 4.78 is 24.4. The summed E-state index contributed by atoms with van der Waals surface area (Å²) in [6.45, 7) is 4.01. The molecule has 16 heavy (non-hydrogen) atoms. The van der Waals surface area contributed by atoms with Crippen molar-refractivity contribution in [3.05, 3.63) is 30.1 Å². The molecule has 0 aliphatic carbocycles. The molecule has 0 aromatic heterocycles. The first-order valence-corrected chi connectivity index (χ1v) is 6.90. The van der Waals surface area contributed by atoms with E-state index in [1.165, 1.54) is 12.1 Å². The average molecular weight is 243 g/mol. The van der Waals surface area contributed by atoms with E-state index in [0.29, 0.717) is 10.6 Å². The lowest BCUT2D eigenvalue weighted by molar-refractivity contribution is 0.626. The van der Waals surface area contributed by atoms with Gasteiger partial charge >= 0.3 is 0 Å². The van der Waals surface area contributed by atoms with Crippen LogP contribution in [0.3, 0.4) is 0 Å². The van der Waals surface area contributed by atoms with Crippen LogP contribution >= 0.6 is 0 Å². The zero-order valence-corrected chi connectivity index (χ0v) is 10.4. The molecule has 1 aromatic rings. The maximum atomic E-state index is 12.6. The van der Waals surface area contributed by atoms with E-state index in [9.17, 15) is 8.60 Å². The SMILES string of the molecule is CCCNCCCS(=O)c1ccc(F)cc1. The summed E-state index contributed by atoms with van der Waals surface area (Å²) in [6, 6.07) is 5.88. The lowest BCUT2D eigenvalue weighted by atomic mass is 10.4. The first-order chi connectivity index (χ1) is 7.74. The Morgan fingerprint density at radius 1 is 1.25 bits per heavy atom. The quantitative estimate of drug-likeness (QED) is 0.745. The summed E-state index contributed by atoms with van der Waals surface area (Å²) in [6.07, 6.45) is 1.99. The van der Waals surface area contributed by atoms with E-state index >= 15 is 0 Å². The fourth-order valence-electron chi connectivity index (χ4n) is 1.33. The minimum Gasteiger partial charge on any atom is -0.317 e. The van der Waals surface area contributed by atoms with E-state index in [2.05, 4.69) is 12.2 Å². The molecule has 0 spiro atoms. The molecule has 1 aromatic carbocycles. The average Bonchev–Trinajstić information content (AvgIpc) is 2.29. The van der Waals surface area contributed by atoms with Crippen molar-refractivity contribution in [3.63, 3.8) is 0 Å². The van der Waals surface area contributed by atoms with Crippen LogP contribution in [0.25, 0.3) is 0 Å². The van der Waals surface area contributed by atoms with E-state index in [-0.39, 0.29) is 5.82 Å². The Morgan fingerprint density at radius 2 is 1.94 bits per heavy atom. The van der Waals surface area contributed by atoms with Gasteiger partial charge in [-0.3, -0.25) is 4.21 Å². The zero-order valence-electron chi connectivity index (χ0n) is 9.54. The molecule has 0 saturated heterocycles. The van der Waals surface area contributed by atoms with Crippen LogP contribution in [-0.2, 0) is 10.8 Å². The van der Waals surface area contributed by atoms with Crippen LogP contribution in [0.1, 0.15) is 19.8 Å². The molecule has 0 radical (unpaired) electrons. The van der Waals surface area contributed by atoms with Gasteiger partial charge in [-0.2, -0.15) is 0 Å². The number of benzene rings is 1. The van der Waals surface area contributed by atoms with Crippen molar-refractivity contribution in [2.75, 3.05) is 18.8 Å². The molecule has 1 rings (SSSR count). The van der Waals surface area contributed by atoms with Crippen LogP contribution in [0.2, 0.25) is 0 Å². The molecule has 0 amide bonds. The van der Waals surface area contributed by atoms with Crippen LogP contribution in [0.15, 0.2) is 29.2 Å². The van der Waals surface area contributed by atoms with Gasteiger partial charge in [0.05, 0.1) is 10.8 Å². The number of hydrogen-bond donors (Lipinski definition) is 1. The highest BCUT2D eigenvalue weighted by molar-refractivity contribution is 7.85. The van der Waals surface area contributed by atoms with Gasteiger partial charge in [0.25, 0.3) is 0 Å². The second-order valence-electron chi connectivity index (χ2n) is 3.61. The van der Waals surface area contributed by atoms with Gasteiger partial charge in [-0.25, -0.2) is 4.39 Å². The molecule has 0 aliphatic rings. The highest BCUT2D eigenvalue weighted by Crippen LogP contribution is 2.08. The molecule has 0 bridgehead atoms. The fraction of sp³-hybridized carbons (Fsp3) is 0.500. The van der Waals surface area contributed by atoms with E-state index in [1.807, 2.05) is 0 Å². The Morgan fingerprint density at radius 3 is 2.56 bits per heavy atom. The van der Waals surface area contributed by atoms with Crippen molar-refractivity contribution >= 4 is 10.8 Å². The smallest absolute Gasteiger partial charge is 0.123 e. The van der Waals surface area contributed by atoms with E-state index < -0.39 is 10.8 Å². The number of nitrogens with one attached hydrogen (secondary N) is 1. The lowest BCUT2D eigenvalue weighted by Gasteiger charge is -2.03. The van der Waals surface area contributed by atoms with Crippen LogP contribution in [0, 0.1) is 5.82 Å². The monoisotopic (exact) mass is 243 g/mol. The van der Waals surface area contributed by atoms with E-state index in [1.54, 1.807) is 12.1 Å². The first kappa shape index (κ1) is 13.3. The van der Waals surface area contributed by atoms with Gasteiger partial charge in [0.15, 0.2) is 0 Å². The highest BCUT2D eigenvalue weighted by atomic mass is 32.2. The number of hydrogen-bond acceptors (Lipinski definition) is 2. The molecular weight excluding hydrogens is 225 g/mol. The molecule has 0 fully saturated rings. The summed E-state index contributed by atoms with van der Waals surface area (Å²) in [4.78, 5) is 0.705. The Kier molecular flexibility index (Phi) is 6.26. The zero-order chi connectivity index (χ0) is 11.8. The molecule has 0 saturated carbocycles. The standard InChI is InChI=1S/C12H18FNOS/c1-2-8-14-9-3-10-16(15)12-6-4-11(13)5-7-12/h4-7,14H,2-3,8-10H2,1H3. The van der Waals surface area contributed by atoms with Gasteiger partial charge in [-0.1, -0.05) is 6.92 Å². The first-order valence-electron chi connectivity index (χ1n) is 5.58. The number of rotatable bonds is 7. The summed E-state index contributed by atoms with van der Waals surface area (Å²) in [5.41, 5.74) is 0. The minimum absolute atomic E-state index is 0.287. The third kappa shape index (κ3) is 4.86. The molecule has 0 heterocycles. The van der Waals surface area contributed by atoms with Gasteiger partial charge in [-0.15, -0.1) is 0 Å². The Labute approximate surface area is 98.7 Å². The minimum atomic E-state index is -1.00. The van der Waals surface area contributed by atoms with Crippen molar-refractivity contribution < 1.29 is 8.60 Å². The third-order valence-corrected chi connectivity index (χ3v) is 3.64. The second-order valence-corrected chi connectivity index (χ2v) is 5.18. The van der Waals surface area contributed by atoms with E-state index in [0.717, 1.165) is 25.9 Å². The maximum Gasteiger partial charge on any atom is 0.123 e. The van der Waals surface area contributed by atoms with Crippen molar-refractivity contribution in [1.29, 1.82) is 0 Å². The van der Waals surface area contributed by atoms with Crippen LogP contribution in [0.5, 0.6) is 0 Å². The van der Waals surface area contributed by atoms with Gasteiger partial charge < -0.3 is 5.32 Å². The normalized spacial score (nSPS) is 12.6. The highest BCUT2D eigenvalue weighted by Gasteiger charge is 2.03. The van der Waals surface area contributed by atoms with Gasteiger partial charge in [-0.05, 0) is 50.2 Å². The number of halogens is 1. The lowest BCUT2D eigenvalue weighted by Crippen LogP contribution is -2.17. The maximum absolute atomic E-state index is 12.6. The summed E-state index contributed by atoms with van der Waals surface area (Å²) >= 11 is 0. The predicted octanol–water partition coefficient (Wildman–Crippen LogP) is 2.32. The van der Waals surface area contributed by atoms with Crippen LogP contribution in [-0.4, -0.2) is 23.1 Å². The molecule has 0 aliphatic heterocycles. The van der Waals surface area contributed by atoms with Crippen molar-refractivity contribution in [2.24, 2.45) is 0 Å². The van der Waals surface area contributed by atoms with Crippen LogP contribution < -0.4 is 5.32 Å². The molecule has 90 valence electrons. The molecule has 1 atom stereocenters. The Hall–Kier alpha value is -0.740. The molecule has 1 N–H and O–H groups in total. The molecule has 2 nitrogen and oxygen atoms in total. The molecular formula is C12H18FNOS. The van der Waals surface area contributed by atoms with Crippen molar-refractivity contribution in [3.8, 4) is 0 Å². The fourth-order valence-corrected chi connectivity index (χ4v) is 2.42. The van der Waals surface area contributed by atoms with E-state index in [4.69, 9.17) is 0 Å². The predicted molar refractivity (Wildman–Crippen MR) is 65.5 cm³/mol. The molecule has 4 heteroatoms. The summed E-state index contributed by atoms with van der Waals surface area (Å²) in [5, 5.41) is 3.26. The van der Waals surface area contributed by atoms with Crippen molar-refractivity contribution in [2.45, 2.75) is 24.7 Å². The largest absolute Gasteiger partial charge is 0.317 e. The van der Waals surface area contributed by atoms with Crippen LogP contribution in [0.4, 0.5) is 4.39 Å². The van der Waals surface area contributed by atoms with Crippen molar-refractivity contribution in [1.82, 2.24) is 5.32 Å². The Bertz CT molecular complexity index is 326. The summed E-state index contributed by atoms with van der Waals surface area (Å²) in [7, 11) is -1.00.